The summed E-state index contributed by atoms with van der Waals surface area (Å²) in [4.78, 5) is 12.9. The number of carbonyl (C=O) groups excluding carboxylic acids is 1. The van der Waals surface area contributed by atoms with E-state index in [4.69, 9.17) is 28.1 Å². The van der Waals surface area contributed by atoms with E-state index < -0.39 is 14.3 Å². The fraction of sp³-hybridized carbons (Fsp3) is 0.577. The molecule has 0 spiro atoms. The first-order chi connectivity index (χ1) is 16.5. The number of phenols is 1. The van der Waals surface area contributed by atoms with E-state index in [1.807, 2.05) is 12.1 Å². The maximum Gasteiger partial charge on any atom is 0.342 e. The summed E-state index contributed by atoms with van der Waals surface area (Å²) < 4.78 is 33.5. The van der Waals surface area contributed by atoms with Crippen molar-refractivity contribution in [3.63, 3.8) is 0 Å². The lowest BCUT2D eigenvalue weighted by Gasteiger charge is -2.36. The number of esters is 1. The van der Waals surface area contributed by atoms with Gasteiger partial charge in [-0.25, -0.2) is 4.79 Å². The third-order valence-corrected chi connectivity index (χ3v) is 11.4. The number of aromatic hydroxyl groups is 1. The fourth-order valence-electron chi connectivity index (χ4n) is 3.76. The first-order valence-electron chi connectivity index (χ1n) is 11.9. The zero-order valence-electron chi connectivity index (χ0n) is 21.9. The molecule has 1 atom stereocenters. The van der Waals surface area contributed by atoms with Crippen LogP contribution < -0.4 is 9.47 Å². The second-order valence-corrected chi connectivity index (χ2v) is 15.1. The number of methoxy groups -OCH3 is 2. The molecular formula is C26H38O8Si. The summed E-state index contributed by atoms with van der Waals surface area (Å²) in [7, 11) is 1.27. The van der Waals surface area contributed by atoms with Gasteiger partial charge >= 0.3 is 5.97 Å². The number of carbonyl (C=O) groups is 1. The van der Waals surface area contributed by atoms with Crippen molar-refractivity contribution < 1.29 is 38.0 Å². The van der Waals surface area contributed by atoms with E-state index in [1.54, 1.807) is 20.3 Å². The molecule has 0 fully saturated rings. The van der Waals surface area contributed by atoms with Gasteiger partial charge in [-0.1, -0.05) is 20.8 Å². The van der Waals surface area contributed by atoms with Crippen LogP contribution in [0.25, 0.3) is 10.8 Å². The van der Waals surface area contributed by atoms with E-state index in [0.717, 1.165) is 5.56 Å². The van der Waals surface area contributed by atoms with Crippen LogP contribution in [0, 0.1) is 0 Å². The normalized spacial score (nSPS) is 16.2. The molecule has 0 aliphatic carbocycles. The zero-order chi connectivity index (χ0) is 25.8. The molecule has 0 amide bonds. The summed E-state index contributed by atoms with van der Waals surface area (Å²) in [6, 6.07) is 5.36. The van der Waals surface area contributed by atoms with Gasteiger partial charge < -0.3 is 33.2 Å². The van der Waals surface area contributed by atoms with Crippen molar-refractivity contribution >= 4 is 25.1 Å². The molecule has 35 heavy (non-hydrogen) atoms. The SMILES string of the molecule is COCCOCOc1cc(OC)cc2cc3c(c(O)c12)C(=O)O[C@H](CCO[Si](C)(C)C(C)(C)C)C3. The Morgan fingerprint density at radius 3 is 2.51 bits per heavy atom. The Morgan fingerprint density at radius 2 is 1.86 bits per heavy atom. The van der Waals surface area contributed by atoms with Gasteiger partial charge in [0.25, 0.3) is 0 Å². The van der Waals surface area contributed by atoms with Crippen LogP contribution in [0.5, 0.6) is 17.2 Å². The highest BCUT2D eigenvalue weighted by Crippen LogP contribution is 2.43. The molecule has 0 bridgehead atoms. The predicted octanol–water partition coefficient (Wildman–Crippen LogP) is 5.05. The van der Waals surface area contributed by atoms with E-state index in [0.29, 0.717) is 54.9 Å². The van der Waals surface area contributed by atoms with Crippen molar-refractivity contribution in [2.75, 3.05) is 40.8 Å². The molecule has 8 nitrogen and oxygen atoms in total. The molecule has 2 aromatic rings. The number of ether oxygens (including phenoxy) is 5. The average molecular weight is 507 g/mol. The second kappa shape index (κ2) is 11.2. The van der Waals surface area contributed by atoms with Crippen LogP contribution in [0.2, 0.25) is 18.1 Å². The third kappa shape index (κ3) is 6.27. The number of benzene rings is 2. The first kappa shape index (κ1) is 27.3. The summed E-state index contributed by atoms with van der Waals surface area (Å²) in [5.41, 5.74) is 0.911. The lowest BCUT2D eigenvalue weighted by molar-refractivity contribution is -0.00789. The van der Waals surface area contributed by atoms with E-state index in [9.17, 15) is 9.90 Å². The smallest absolute Gasteiger partial charge is 0.342 e. The van der Waals surface area contributed by atoms with Crippen LogP contribution in [0.15, 0.2) is 18.2 Å². The van der Waals surface area contributed by atoms with E-state index in [-0.39, 0.29) is 29.2 Å². The van der Waals surface area contributed by atoms with Crippen molar-refractivity contribution in [2.45, 2.75) is 57.8 Å². The highest BCUT2D eigenvalue weighted by Gasteiger charge is 2.38. The van der Waals surface area contributed by atoms with Crippen molar-refractivity contribution in [1.29, 1.82) is 0 Å². The van der Waals surface area contributed by atoms with Gasteiger partial charge in [0.05, 0.1) is 25.7 Å². The largest absolute Gasteiger partial charge is 0.506 e. The van der Waals surface area contributed by atoms with E-state index in [2.05, 4.69) is 33.9 Å². The van der Waals surface area contributed by atoms with Crippen LogP contribution in [0.4, 0.5) is 0 Å². The lowest BCUT2D eigenvalue weighted by atomic mass is 9.92. The van der Waals surface area contributed by atoms with Crippen LogP contribution in [0.1, 0.15) is 43.1 Å². The molecule has 1 aliphatic rings. The van der Waals surface area contributed by atoms with Gasteiger partial charge in [0.2, 0.25) is 0 Å². The van der Waals surface area contributed by atoms with Gasteiger partial charge in [-0.2, -0.15) is 0 Å². The quantitative estimate of drug-likeness (QED) is 0.196. The maximum atomic E-state index is 12.9. The minimum absolute atomic E-state index is 0.0388. The Bertz CT molecular complexity index is 1040. The Kier molecular flexibility index (Phi) is 8.69. The first-order valence-corrected chi connectivity index (χ1v) is 14.8. The topological polar surface area (TPSA) is 92.7 Å². The molecule has 2 aromatic carbocycles. The summed E-state index contributed by atoms with van der Waals surface area (Å²) >= 11 is 0. The molecule has 194 valence electrons. The molecule has 1 heterocycles. The van der Waals surface area contributed by atoms with Crippen LogP contribution in [-0.4, -0.2) is 66.3 Å². The summed E-state index contributed by atoms with van der Waals surface area (Å²) in [6.07, 6.45) is 0.785. The van der Waals surface area contributed by atoms with Gasteiger partial charge in [0.15, 0.2) is 15.1 Å². The third-order valence-electron chi connectivity index (χ3n) is 6.83. The van der Waals surface area contributed by atoms with Gasteiger partial charge in [0, 0.05) is 32.6 Å². The maximum absolute atomic E-state index is 12.9. The molecule has 0 saturated carbocycles. The lowest BCUT2D eigenvalue weighted by Crippen LogP contribution is -2.41. The van der Waals surface area contributed by atoms with Crippen molar-refractivity contribution in [1.82, 2.24) is 0 Å². The van der Waals surface area contributed by atoms with Gasteiger partial charge in [-0.15, -0.1) is 0 Å². The molecule has 0 aromatic heterocycles. The summed E-state index contributed by atoms with van der Waals surface area (Å²) in [5, 5.41) is 12.3. The number of fused-ring (bicyclic) bond motifs is 2. The van der Waals surface area contributed by atoms with Gasteiger partial charge in [-0.3, -0.25) is 0 Å². The predicted molar refractivity (Wildman–Crippen MR) is 136 cm³/mol. The molecule has 3 rings (SSSR count). The monoisotopic (exact) mass is 506 g/mol. The number of rotatable bonds is 11. The Morgan fingerprint density at radius 1 is 1.11 bits per heavy atom. The number of cyclic esters (lactones) is 1. The van der Waals surface area contributed by atoms with Crippen molar-refractivity contribution in [3.8, 4) is 17.2 Å². The number of hydrogen-bond acceptors (Lipinski definition) is 8. The standard InChI is InChI=1S/C26H38O8Si/c1-26(2,3)35(6,7)33-9-8-19-13-18-12-17-14-20(30-5)15-21(32-16-31-11-10-29-4)22(17)24(27)23(18)25(28)34-19/h12,14-15,19,27H,8-11,13,16H2,1-7H3/t19-/m1/s1. The molecule has 1 aliphatic heterocycles. The van der Waals surface area contributed by atoms with Crippen LogP contribution in [0.3, 0.4) is 0 Å². The highest BCUT2D eigenvalue weighted by atomic mass is 28.4. The highest BCUT2D eigenvalue weighted by molar-refractivity contribution is 6.74. The molecule has 1 N–H and O–H groups in total. The van der Waals surface area contributed by atoms with Gasteiger partial charge in [0.1, 0.15) is 28.9 Å². The Labute approximate surface area is 208 Å². The molecular weight excluding hydrogens is 468 g/mol. The minimum atomic E-state index is -1.88. The molecule has 0 saturated heterocycles. The Balaban J connectivity index is 1.83. The van der Waals surface area contributed by atoms with Crippen LogP contribution in [-0.2, 0) is 25.1 Å². The molecule has 9 heteroatoms. The fourth-order valence-corrected chi connectivity index (χ4v) is 4.82. The second-order valence-electron chi connectivity index (χ2n) is 10.3. The average Bonchev–Trinajstić information content (AvgIpc) is 2.77. The van der Waals surface area contributed by atoms with Crippen molar-refractivity contribution in [3.05, 3.63) is 29.3 Å². The Hall–Kier alpha value is -2.33. The minimum Gasteiger partial charge on any atom is -0.506 e. The molecule has 0 unspecified atom stereocenters. The van der Waals surface area contributed by atoms with Crippen molar-refractivity contribution in [2.24, 2.45) is 0 Å². The van der Waals surface area contributed by atoms with E-state index >= 15 is 0 Å². The summed E-state index contributed by atoms with van der Waals surface area (Å²) in [6.45, 7) is 12.3. The number of hydrogen-bond donors (Lipinski definition) is 1. The number of phenolic OH excluding ortho intramolecular Hbond substituents is 1. The summed E-state index contributed by atoms with van der Waals surface area (Å²) in [5.74, 6) is 0.227. The van der Waals surface area contributed by atoms with Gasteiger partial charge in [-0.05, 0) is 41.2 Å². The van der Waals surface area contributed by atoms with Crippen LogP contribution >= 0.6 is 0 Å². The zero-order valence-corrected chi connectivity index (χ0v) is 22.9. The molecule has 0 radical (unpaired) electrons. The van der Waals surface area contributed by atoms with E-state index in [1.165, 1.54) is 0 Å².